The number of ether oxygens (including phenoxy) is 1. The van der Waals surface area contributed by atoms with E-state index in [1.165, 1.54) is 0 Å². The number of benzene rings is 1. The van der Waals surface area contributed by atoms with Gasteiger partial charge < -0.3 is 20.1 Å². The summed E-state index contributed by atoms with van der Waals surface area (Å²) in [6, 6.07) is 8.02. The Morgan fingerprint density at radius 2 is 1.90 bits per heavy atom. The molecule has 1 heterocycles. The highest BCUT2D eigenvalue weighted by Crippen LogP contribution is 2.16. The van der Waals surface area contributed by atoms with Gasteiger partial charge in [-0.3, -0.25) is 0 Å². The molecule has 1 aliphatic rings. The Balaban J connectivity index is 1.76. The van der Waals surface area contributed by atoms with Gasteiger partial charge in [-0.25, -0.2) is 4.79 Å². The van der Waals surface area contributed by atoms with Gasteiger partial charge in [-0.1, -0.05) is 24.3 Å². The lowest BCUT2D eigenvalue weighted by atomic mass is 9.98. The number of likely N-dealkylation sites (tertiary alicyclic amines) is 1. The van der Waals surface area contributed by atoms with Crippen molar-refractivity contribution in [3.63, 3.8) is 0 Å². The molecule has 0 bridgehead atoms. The molecule has 2 amide bonds. The Kier molecular flexibility index (Phi) is 6.02. The van der Waals surface area contributed by atoms with Crippen molar-refractivity contribution in [1.29, 1.82) is 0 Å². The summed E-state index contributed by atoms with van der Waals surface area (Å²) in [5, 5.41) is 12.0. The monoisotopic (exact) mass is 292 g/mol. The third kappa shape index (κ3) is 4.72. The van der Waals surface area contributed by atoms with E-state index < -0.39 is 0 Å². The fraction of sp³-hybridized carbons (Fsp3) is 0.562. The molecule has 0 spiro atoms. The molecule has 1 fully saturated rings. The normalized spacial score (nSPS) is 16.0. The third-order valence-corrected chi connectivity index (χ3v) is 3.94. The number of piperidine rings is 1. The average molecular weight is 292 g/mol. The first-order valence-corrected chi connectivity index (χ1v) is 7.43. The minimum Gasteiger partial charge on any atom is -0.396 e. The van der Waals surface area contributed by atoms with Crippen LogP contribution in [0.15, 0.2) is 24.3 Å². The molecule has 0 atom stereocenters. The molecule has 1 aromatic carbocycles. The van der Waals surface area contributed by atoms with E-state index in [9.17, 15) is 4.79 Å². The van der Waals surface area contributed by atoms with Crippen molar-refractivity contribution in [2.75, 3.05) is 26.8 Å². The zero-order valence-electron chi connectivity index (χ0n) is 12.5. The van der Waals surface area contributed by atoms with Crippen molar-refractivity contribution in [2.45, 2.75) is 26.0 Å². The smallest absolute Gasteiger partial charge is 0.317 e. The summed E-state index contributed by atoms with van der Waals surface area (Å²) in [4.78, 5) is 13.9. The number of nitrogens with one attached hydrogen (secondary N) is 1. The molecule has 2 rings (SSSR count). The van der Waals surface area contributed by atoms with E-state index in [2.05, 4.69) is 5.32 Å². The molecule has 0 unspecified atom stereocenters. The van der Waals surface area contributed by atoms with E-state index in [1.54, 1.807) is 7.11 Å². The summed E-state index contributed by atoms with van der Waals surface area (Å²) in [5.41, 5.74) is 2.20. The predicted molar refractivity (Wildman–Crippen MR) is 80.8 cm³/mol. The lowest BCUT2D eigenvalue weighted by molar-refractivity contribution is 0.137. The van der Waals surface area contributed by atoms with Crippen LogP contribution in [0.1, 0.15) is 24.0 Å². The number of hydrogen-bond acceptors (Lipinski definition) is 3. The molecule has 0 aliphatic carbocycles. The van der Waals surface area contributed by atoms with Gasteiger partial charge in [0.1, 0.15) is 0 Å². The van der Waals surface area contributed by atoms with Crippen LogP contribution in [0, 0.1) is 5.92 Å². The Bertz CT molecular complexity index is 439. The maximum absolute atomic E-state index is 12.1. The molecule has 2 N–H and O–H groups in total. The summed E-state index contributed by atoms with van der Waals surface area (Å²) in [6.07, 6.45) is 1.77. The van der Waals surface area contributed by atoms with E-state index in [4.69, 9.17) is 9.84 Å². The van der Waals surface area contributed by atoms with Crippen molar-refractivity contribution in [3.8, 4) is 0 Å². The highest BCUT2D eigenvalue weighted by Gasteiger charge is 2.21. The fourth-order valence-corrected chi connectivity index (χ4v) is 2.53. The SMILES string of the molecule is COCc1ccc(CNC(=O)N2CCC(CO)CC2)cc1. The van der Waals surface area contributed by atoms with Crippen molar-refractivity contribution in [1.82, 2.24) is 10.2 Å². The summed E-state index contributed by atoms with van der Waals surface area (Å²) >= 11 is 0. The van der Waals surface area contributed by atoms with Crippen molar-refractivity contribution in [3.05, 3.63) is 35.4 Å². The summed E-state index contributed by atoms with van der Waals surface area (Å²) in [5.74, 6) is 0.349. The standard InChI is InChI=1S/C16H24N2O3/c1-21-12-15-4-2-13(3-5-15)10-17-16(20)18-8-6-14(11-19)7-9-18/h2-5,14,19H,6-12H2,1H3,(H,17,20). The Hall–Kier alpha value is -1.59. The molecule has 1 saturated heterocycles. The number of aliphatic hydroxyl groups excluding tert-OH is 1. The number of amides is 2. The van der Waals surface area contributed by atoms with Crippen LogP contribution in [0.5, 0.6) is 0 Å². The molecular formula is C16H24N2O3. The minimum absolute atomic E-state index is 0.0210. The van der Waals surface area contributed by atoms with Crippen LogP contribution in [0.3, 0.4) is 0 Å². The first-order chi connectivity index (χ1) is 10.2. The second-order valence-electron chi connectivity index (χ2n) is 5.52. The van der Waals surface area contributed by atoms with Gasteiger partial charge in [0.2, 0.25) is 0 Å². The molecule has 0 saturated carbocycles. The number of carbonyl (C=O) groups excluding carboxylic acids is 1. The molecule has 5 heteroatoms. The zero-order valence-corrected chi connectivity index (χ0v) is 12.5. The topological polar surface area (TPSA) is 61.8 Å². The molecule has 1 aliphatic heterocycles. The molecule has 0 aromatic heterocycles. The van der Waals surface area contributed by atoms with E-state index in [-0.39, 0.29) is 12.6 Å². The lowest BCUT2D eigenvalue weighted by Gasteiger charge is -2.31. The van der Waals surface area contributed by atoms with Gasteiger partial charge in [0, 0.05) is 33.4 Å². The van der Waals surface area contributed by atoms with Gasteiger partial charge in [0.05, 0.1) is 6.61 Å². The second-order valence-corrected chi connectivity index (χ2v) is 5.52. The van der Waals surface area contributed by atoms with Crippen LogP contribution in [-0.4, -0.2) is 42.8 Å². The second kappa shape index (κ2) is 8.00. The Labute approximate surface area is 125 Å². The van der Waals surface area contributed by atoms with Gasteiger partial charge in [0.25, 0.3) is 0 Å². The maximum Gasteiger partial charge on any atom is 0.317 e. The quantitative estimate of drug-likeness (QED) is 0.869. The summed E-state index contributed by atoms with van der Waals surface area (Å²) in [6.45, 7) is 2.81. The zero-order chi connectivity index (χ0) is 15.1. The first-order valence-electron chi connectivity index (χ1n) is 7.43. The van der Waals surface area contributed by atoms with E-state index in [0.29, 0.717) is 19.1 Å². The molecule has 116 valence electrons. The minimum atomic E-state index is -0.0210. The summed E-state index contributed by atoms with van der Waals surface area (Å²) < 4.78 is 5.07. The van der Waals surface area contributed by atoms with Gasteiger partial charge in [-0.05, 0) is 29.9 Å². The number of hydrogen-bond donors (Lipinski definition) is 2. The average Bonchev–Trinajstić information content (AvgIpc) is 2.54. The lowest BCUT2D eigenvalue weighted by Crippen LogP contribution is -2.44. The van der Waals surface area contributed by atoms with E-state index in [1.807, 2.05) is 29.2 Å². The predicted octanol–water partition coefficient (Wildman–Crippen LogP) is 1.75. The number of urea groups is 1. The van der Waals surface area contributed by atoms with Crippen molar-refractivity contribution < 1.29 is 14.6 Å². The third-order valence-electron chi connectivity index (χ3n) is 3.94. The van der Waals surface area contributed by atoms with Crippen LogP contribution in [0.4, 0.5) is 4.79 Å². The number of aliphatic hydroxyl groups is 1. The van der Waals surface area contributed by atoms with E-state index >= 15 is 0 Å². The van der Waals surface area contributed by atoms with Crippen LogP contribution in [-0.2, 0) is 17.9 Å². The molecule has 5 nitrogen and oxygen atoms in total. The fourth-order valence-electron chi connectivity index (χ4n) is 2.53. The van der Waals surface area contributed by atoms with Gasteiger partial charge in [-0.2, -0.15) is 0 Å². The largest absolute Gasteiger partial charge is 0.396 e. The maximum atomic E-state index is 12.1. The van der Waals surface area contributed by atoms with Crippen LogP contribution in [0.25, 0.3) is 0 Å². The van der Waals surface area contributed by atoms with Gasteiger partial charge in [-0.15, -0.1) is 0 Å². The van der Waals surface area contributed by atoms with E-state index in [0.717, 1.165) is 37.1 Å². The summed E-state index contributed by atoms with van der Waals surface area (Å²) in [7, 11) is 1.67. The van der Waals surface area contributed by atoms with Crippen LogP contribution >= 0.6 is 0 Å². The number of methoxy groups -OCH3 is 1. The highest BCUT2D eigenvalue weighted by molar-refractivity contribution is 5.74. The number of nitrogens with zero attached hydrogens (tertiary/aromatic N) is 1. The number of carbonyl (C=O) groups is 1. The van der Waals surface area contributed by atoms with Crippen molar-refractivity contribution >= 4 is 6.03 Å². The highest BCUT2D eigenvalue weighted by atomic mass is 16.5. The molecule has 1 aromatic rings. The van der Waals surface area contributed by atoms with Crippen LogP contribution < -0.4 is 5.32 Å². The molecule has 21 heavy (non-hydrogen) atoms. The molecule has 0 radical (unpaired) electrons. The Morgan fingerprint density at radius 1 is 1.29 bits per heavy atom. The Morgan fingerprint density at radius 3 is 2.48 bits per heavy atom. The van der Waals surface area contributed by atoms with Gasteiger partial charge >= 0.3 is 6.03 Å². The van der Waals surface area contributed by atoms with Gasteiger partial charge in [0.15, 0.2) is 0 Å². The molecular weight excluding hydrogens is 268 g/mol. The van der Waals surface area contributed by atoms with Crippen LogP contribution in [0.2, 0.25) is 0 Å². The first kappa shape index (κ1) is 15.8. The number of rotatable bonds is 5. The van der Waals surface area contributed by atoms with Crippen molar-refractivity contribution in [2.24, 2.45) is 5.92 Å².